The first-order valence-electron chi connectivity index (χ1n) is 11.7. The molecule has 1 aliphatic heterocycles. The molecule has 0 saturated carbocycles. The van der Waals surface area contributed by atoms with Gasteiger partial charge in [0.25, 0.3) is 5.91 Å². The summed E-state index contributed by atoms with van der Waals surface area (Å²) in [5, 5.41) is 2.03. The zero-order chi connectivity index (χ0) is 23.5. The van der Waals surface area contributed by atoms with Gasteiger partial charge in [-0.3, -0.25) is 9.59 Å². The average molecular weight is 461 g/mol. The van der Waals surface area contributed by atoms with E-state index in [-0.39, 0.29) is 17.9 Å². The Hall–Kier alpha value is -2.92. The first-order chi connectivity index (χ1) is 15.9. The van der Waals surface area contributed by atoms with Crippen molar-refractivity contribution < 1.29 is 9.59 Å². The molecule has 0 aliphatic carbocycles. The van der Waals surface area contributed by atoms with Crippen molar-refractivity contribution >= 4 is 28.8 Å². The van der Waals surface area contributed by atoms with Crippen molar-refractivity contribution in [3.8, 4) is 0 Å². The van der Waals surface area contributed by atoms with Crippen molar-refractivity contribution in [2.24, 2.45) is 5.92 Å². The van der Waals surface area contributed by atoms with Gasteiger partial charge in [-0.1, -0.05) is 63.2 Å². The van der Waals surface area contributed by atoms with Crippen LogP contribution in [0, 0.1) is 12.8 Å². The molecule has 0 radical (unpaired) electrons. The van der Waals surface area contributed by atoms with E-state index in [1.807, 2.05) is 76.7 Å². The normalized spacial score (nSPS) is 17.8. The molecule has 3 aromatic rings. The molecule has 4 rings (SSSR count). The third kappa shape index (κ3) is 4.47. The molecule has 2 amide bonds. The summed E-state index contributed by atoms with van der Waals surface area (Å²) in [6.07, 6.45) is 0.854. The van der Waals surface area contributed by atoms with Crippen LogP contribution < -0.4 is 4.90 Å². The predicted molar refractivity (Wildman–Crippen MR) is 136 cm³/mol. The second-order valence-corrected chi connectivity index (χ2v) is 10.1. The largest absolute Gasteiger partial charge is 0.329 e. The number of thiophene rings is 1. The summed E-state index contributed by atoms with van der Waals surface area (Å²) in [6.45, 7) is 9.62. The lowest BCUT2D eigenvalue weighted by Crippen LogP contribution is -2.49. The Labute approximate surface area is 200 Å². The summed E-state index contributed by atoms with van der Waals surface area (Å²) in [7, 11) is 0. The minimum Gasteiger partial charge on any atom is -0.329 e. The van der Waals surface area contributed by atoms with Crippen LogP contribution in [0.2, 0.25) is 0 Å². The number of para-hydroxylation sites is 1. The second-order valence-electron chi connectivity index (χ2n) is 9.15. The van der Waals surface area contributed by atoms with Crippen LogP contribution >= 0.6 is 11.3 Å². The third-order valence-corrected chi connectivity index (χ3v) is 7.16. The lowest BCUT2D eigenvalue weighted by molar-refractivity contribution is -0.121. The Morgan fingerprint density at radius 1 is 1.06 bits per heavy atom. The SMILES string of the molecule is CCCN(C(=O)C1c2ccccc2C(=O)N(CC(C)C)C1c1cccs1)c1ccccc1C. The van der Waals surface area contributed by atoms with E-state index in [4.69, 9.17) is 0 Å². The van der Waals surface area contributed by atoms with Gasteiger partial charge in [0.05, 0.1) is 12.0 Å². The number of fused-ring (bicyclic) bond motifs is 1. The smallest absolute Gasteiger partial charge is 0.254 e. The van der Waals surface area contributed by atoms with Gasteiger partial charge in [0.15, 0.2) is 0 Å². The molecular formula is C28H32N2O2S. The van der Waals surface area contributed by atoms with Gasteiger partial charge in [-0.25, -0.2) is 0 Å². The van der Waals surface area contributed by atoms with Crippen LogP contribution in [0.1, 0.15) is 65.5 Å². The molecule has 0 bridgehead atoms. The van der Waals surface area contributed by atoms with Gasteiger partial charge in [-0.15, -0.1) is 11.3 Å². The fraction of sp³-hybridized carbons (Fsp3) is 0.357. The first-order valence-corrected chi connectivity index (χ1v) is 12.6. The van der Waals surface area contributed by atoms with Crippen molar-refractivity contribution in [3.63, 3.8) is 0 Å². The molecule has 0 saturated heterocycles. The van der Waals surface area contributed by atoms with E-state index in [0.717, 1.165) is 28.1 Å². The zero-order valence-corrected chi connectivity index (χ0v) is 20.6. The molecule has 2 unspecified atom stereocenters. The molecule has 33 heavy (non-hydrogen) atoms. The number of nitrogens with zero attached hydrogens (tertiary/aromatic N) is 2. The minimum atomic E-state index is -0.456. The number of aryl methyl sites for hydroxylation is 1. The van der Waals surface area contributed by atoms with Crippen LogP contribution in [0.25, 0.3) is 0 Å². The molecule has 172 valence electrons. The topological polar surface area (TPSA) is 40.6 Å². The summed E-state index contributed by atoms with van der Waals surface area (Å²) in [4.78, 5) is 33.0. The Morgan fingerprint density at radius 3 is 2.45 bits per heavy atom. The van der Waals surface area contributed by atoms with Crippen LogP contribution in [0.4, 0.5) is 5.69 Å². The molecule has 2 heterocycles. The van der Waals surface area contributed by atoms with Gasteiger partial charge < -0.3 is 9.80 Å². The molecular weight excluding hydrogens is 428 g/mol. The fourth-order valence-corrected chi connectivity index (χ4v) is 5.71. The highest BCUT2D eigenvalue weighted by Gasteiger charge is 2.46. The monoisotopic (exact) mass is 460 g/mol. The highest BCUT2D eigenvalue weighted by molar-refractivity contribution is 7.10. The number of amides is 2. The lowest BCUT2D eigenvalue weighted by Gasteiger charge is -2.43. The number of benzene rings is 2. The standard InChI is InChI=1S/C28H32N2O2S/c1-5-16-29(23-14-9-6-11-20(23)4)28(32)25-21-12-7-8-13-22(21)27(31)30(18-19(2)3)26(25)24-15-10-17-33-24/h6-15,17,19,25-26H,5,16,18H2,1-4H3. The van der Waals surface area contributed by atoms with Crippen molar-refractivity contribution in [2.45, 2.75) is 46.1 Å². The van der Waals surface area contributed by atoms with Crippen LogP contribution in [-0.2, 0) is 4.79 Å². The Kier molecular flexibility index (Phi) is 6.99. The van der Waals surface area contributed by atoms with Gasteiger partial charge in [-0.2, -0.15) is 0 Å². The van der Waals surface area contributed by atoms with Crippen molar-refractivity contribution in [1.29, 1.82) is 0 Å². The van der Waals surface area contributed by atoms with Gasteiger partial charge in [0.1, 0.15) is 0 Å². The molecule has 1 aromatic heterocycles. The van der Waals surface area contributed by atoms with Gasteiger partial charge in [0.2, 0.25) is 5.91 Å². The van der Waals surface area contributed by atoms with Gasteiger partial charge >= 0.3 is 0 Å². The fourth-order valence-electron chi connectivity index (χ4n) is 4.84. The Balaban J connectivity index is 1.90. The quantitative estimate of drug-likeness (QED) is 0.407. The summed E-state index contributed by atoms with van der Waals surface area (Å²) in [5.41, 5.74) is 3.50. The maximum atomic E-state index is 14.4. The maximum Gasteiger partial charge on any atom is 0.254 e. The second kappa shape index (κ2) is 9.92. The molecule has 5 heteroatoms. The van der Waals surface area contributed by atoms with Crippen LogP contribution in [0.5, 0.6) is 0 Å². The number of hydrogen-bond acceptors (Lipinski definition) is 3. The van der Waals surface area contributed by atoms with Gasteiger partial charge in [0, 0.05) is 29.2 Å². The Morgan fingerprint density at radius 2 is 1.79 bits per heavy atom. The summed E-state index contributed by atoms with van der Waals surface area (Å²) >= 11 is 1.62. The molecule has 2 aromatic carbocycles. The molecule has 0 fully saturated rings. The number of hydrogen-bond donors (Lipinski definition) is 0. The summed E-state index contributed by atoms with van der Waals surface area (Å²) < 4.78 is 0. The molecule has 1 aliphatic rings. The first kappa shape index (κ1) is 23.2. The lowest BCUT2D eigenvalue weighted by atomic mass is 9.80. The van der Waals surface area contributed by atoms with E-state index in [2.05, 4.69) is 26.8 Å². The van der Waals surface area contributed by atoms with Crippen molar-refractivity contribution in [2.75, 3.05) is 18.0 Å². The van der Waals surface area contributed by atoms with E-state index in [0.29, 0.717) is 24.6 Å². The minimum absolute atomic E-state index is 0.0136. The average Bonchev–Trinajstić information content (AvgIpc) is 3.33. The molecule has 2 atom stereocenters. The third-order valence-electron chi connectivity index (χ3n) is 6.22. The van der Waals surface area contributed by atoms with E-state index in [1.54, 1.807) is 11.3 Å². The highest BCUT2D eigenvalue weighted by atomic mass is 32.1. The number of rotatable bonds is 7. The van der Waals surface area contributed by atoms with E-state index in [1.165, 1.54) is 0 Å². The van der Waals surface area contributed by atoms with Crippen molar-refractivity contribution in [3.05, 3.63) is 87.6 Å². The van der Waals surface area contributed by atoms with Crippen LogP contribution in [0.3, 0.4) is 0 Å². The summed E-state index contributed by atoms with van der Waals surface area (Å²) in [6, 6.07) is 19.5. The molecule has 0 N–H and O–H groups in total. The van der Waals surface area contributed by atoms with Crippen LogP contribution in [-0.4, -0.2) is 29.8 Å². The van der Waals surface area contributed by atoms with E-state index in [9.17, 15) is 9.59 Å². The highest BCUT2D eigenvalue weighted by Crippen LogP contribution is 2.46. The Bertz CT molecular complexity index is 1120. The van der Waals surface area contributed by atoms with E-state index >= 15 is 0 Å². The van der Waals surface area contributed by atoms with Crippen LogP contribution in [0.15, 0.2) is 66.0 Å². The van der Waals surface area contributed by atoms with Gasteiger partial charge in [-0.05, 0) is 54.0 Å². The van der Waals surface area contributed by atoms with E-state index < -0.39 is 5.92 Å². The molecule has 0 spiro atoms. The van der Waals surface area contributed by atoms with Crippen molar-refractivity contribution in [1.82, 2.24) is 4.90 Å². The predicted octanol–water partition coefficient (Wildman–Crippen LogP) is 6.44. The number of carbonyl (C=O) groups is 2. The number of carbonyl (C=O) groups excluding carboxylic acids is 2. The summed E-state index contributed by atoms with van der Waals surface area (Å²) in [5.74, 6) is -0.0964. The molecule has 4 nitrogen and oxygen atoms in total. The maximum absolute atomic E-state index is 14.4. The zero-order valence-electron chi connectivity index (χ0n) is 19.8. The number of anilines is 1.